The number of esters is 1. The van der Waals surface area contributed by atoms with Crippen LogP contribution in [0.2, 0.25) is 5.02 Å². The highest BCUT2D eigenvalue weighted by Gasteiger charge is 2.67. The highest BCUT2D eigenvalue weighted by molar-refractivity contribution is 6.35. The molecule has 0 aliphatic carbocycles. The summed E-state index contributed by atoms with van der Waals surface area (Å²) in [6.07, 6.45) is 0.284. The van der Waals surface area contributed by atoms with Gasteiger partial charge in [-0.1, -0.05) is 42.3 Å². The third-order valence-electron chi connectivity index (χ3n) is 9.93. The Morgan fingerprint density at radius 2 is 1.92 bits per heavy atom. The van der Waals surface area contributed by atoms with E-state index in [2.05, 4.69) is 5.32 Å². The van der Waals surface area contributed by atoms with E-state index in [1.54, 1.807) is 52.1 Å². The van der Waals surface area contributed by atoms with Crippen molar-refractivity contribution in [1.82, 2.24) is 10.2 Å². The molecule has 0 aromatic heterocycles. The van der Waals surface area contributed by atoms with E-state index in [1.165, 1.54) is 43.9 Å². The van der Waals surface area contributed by atoms with Crippen LogP contribution in [0.15, 0.2) is 35.9 Å². The number of benzene rings is 1. The molecule has 0 spiro atoms. The van der Waals surface area contributed by atoms with Gasteiger partial charge in [-0.15, -0.1) is 0 Å². The number of nitrogens with zero attached hydrogens (tertiary/aromatic N) is 2. The van der Waals surface area contributed by atoms with Crippen LogP contribution < -0.4 is 15.0 Å². The Balaban J connectivity index is 1.81. The lowest BCUT2D eigenvalue weighted by Gasteiger charge is -2.47. The number of fused-ring (bicyclic) bond motifs is 5. The average Bonchev–Trinajstić information content (AvgIpc) is 3.70. The summed E-state index contributed by atoms with van der Waals surface area (Å²) < 4.78 is 23.4. The summed E-state index contributed by atoms with van der Waals surface area (Å²) in [5, 5.41) is 25.1. The summed E-state index contributed by atoms with van der Waals surface area (Å²) in [7, 11) is 4.49. The molecule has 2 saturated heterocycles. The molecule has 0 radical (unpaired) electrons. The number of hydrogen-bond acceptors (Lipinski definition) is 10. The topological polar surface area (TPSA) is 167 Å². The number of allylic oxidation sites excluding steroid dienone is 3. The van der Waals surface area contributed by atoms with E-state index >= 15 is 0 Å². The highest BCUT2D eigenvalue weighted by atomic mass is 35.5. The minimum Gasteiger partial charge on any atom is -0.495 e. The summed E-state index contributed by atoms with van der Waals surface area (Å²) in [5.74, 6) is -1.82. The van der Waals surface area contributed by atoms with Crippen LogP contribution in [0, 0.1) is 5.92 Å². The van der Waals surface area contributed by atoms with E-state index in [9.17, 15) is 29.4 Å². The maximum Gasteiger partial charge on any atom is 0.410 e. The Morgan fingerprint density at radius 3 is 2.54 bits per heavy atom. The van der Waals surface area contributed by atoms with E-state index in [4.69, 9.17) is 30.5 Å². The molecule has 1 aromatic rings. The van der Waals surface area contributed by atoms with E-state index in [0.717, 1.165) is 11.1 Å². The van der Waals surface area contributed by atoms with Crippen molar-refractivity contribution in [2.75, 3.05) is 26.1 Å². The van der Waals surface area contributed by atoms with Gasteiger partial charge in [-0.05, 0) is 51.8 Å². The van der Waals surface area contributed by atoms with Crippen LogP contribution in [-0.2, 0) is 35.0 Å². The van der Waals surface area contributed by atoms with Gasteiger partial charge in [0, 0.05) is 33.4 Å². The molecule has 48 heavy (non-hydrogen) atoms. The van der Waals surface area contributed by atoms with Gasteiger partial charge in [0.05, 0.1) is 25.3 Å². The Bertz CT molecular complexity index is 1530. The molecular formula is C34H46ClN3O10. The smallest absolute Gasteiger partial charge is 0.410 e. The SMILES string of the molecule is COc1cc2cc(c1Cl)N(C)C(=O)C[C@H](OC(=O)[C@H](C)N(C)C(C)=O)[C@]1(C)O[C@H]1[C@H](C)C1(C)C[C@@](O)(NC(=O)O1)[C@H](O)/C=C/C=C(\C)C2. The molecule has 3 amide bonds. The van der Waals surface area contributed by atoms with Crippen molar-refractivity contribution in [3.8, 4) is 5.75 Å². The summed E-state index contributed by atoms with van der Waals surface area (Å²) >= 11 is 6.70. The van der Waals surface area contributed by atoms with Crippen LogP contribution in [0.25, 0.3) is 0 Å². The molecular weight excluding hydrogens is 646 g/mol. The van der Waals surface area contributed by atoms with Gasteiger partial charge in [0.15, 0.2) is 5.72 Å². The Hall–Kier alpha value is -3.65. The molecule has 13 nitrogen and oxygen atoms in total. The molecule has 4 bridgehead atoms. The first kappa shape index (κ1) is 37.2. The van der Waals surface area contributed by atoms with Crippen molar-refractivity contribution in [3.63, 3.8) is 0 Å². The maximum absolute atomic E-state index is 14.0. The number of nitrogens with one attached hydrogen (secondary N) is 1. The number of halogens is 1. The number of rotatable bonds is 4. The largest absolute Gasteiger partial charge is 0.495 e. The molecule has 1 unspecified atom stereocenters. The van der Waals surface area contributed by atoms with Crippen LogP contribution in [0.4, 0.5) is 10.5 Å². The number of anilines is 1. The minimum absolute atomic E-state index is 0.209. The van der Waals surface area contributed by atoms with Crippen LogP contribution in [-0.4, -0.2) is 101 Å². The van der Waals surface area contributed by atoms with Crippen molar-refractivity contribution in [2.24, 2.45) is 5.92 Å². The third kappa shape index (κ3) is 7.34. The number of hydrogen-bond donors (Lipinski definition) is 3. The molecule has 4 rings (SSSR count). The zero-order valence-corrected chi connectivity index (χ0v) is 29.6. The lowest BCUT2D eigenvalue weighted by molar-refractivity contribution is -0.168. The number of ether oxygens (including phenoxy) is 4. The van der Waals surface area contributed by atoms with Crippen LogP contribution in [0.1, 0.15) is 59.9 Å². The van der Waals surface area contributed by atoms with E-state index in [-0.39, 0.29) is 23.8 Å². The second kappa shape index (κ2) is 13.7. The second-order valence-corrected chi connectivity index (χ2v) is 13.9. The number of aliphatic hydroxyl groups excluding tert-OH is 1. The summed E-state index contributed by atoms with van der Waals surface area (Å²) in [4.78, 5) is 54.7. The van der Waals surface area contributed by atoms with E-state index in [1.807, 2.05) is 6.92 Å². The van der Waals surface area contributed by atoms with Gasteiger partial charge >= 0.3 is 12.1 Å². The van der Waals surface area contributed by atoms with Crippen molar-refractivity contribution >= 4 is 41.2 Å². The Kier molecular flexibility index (Phi) is 10.6. The Morgan fingerprint density at radius 1 is 1.25 bits per heavy atom. The number of methoxy groups -OCH3 is 1. The van der Waals surface area contributed by atoms with Gasteiger partial charge in [-0.3, -0.25) is 14.9 Å². The fourth-order valence-electron chi connectivity index (χ4n) is 6.34. The van der Waals surface area contributed by atoms with Crippen molar-refractivity contribution in [1.29, 1.82) is 0 Å². The summed E-state index contributed by atoms with van der Waals surface area (Å²) in [6.45, 7) is 9.77. The molecule has 2 fully saturated rings. The van der Waals surface area contributed by atoms with Crippen molar-refractivity contribution in [3.05, 3.63) is 46.5 Å². The zero-order chi connectivity index (χ0) is 35.9. The lowest BCUT2D eigenvalue weighted by atomic mass is 9.75. The maximum atomic E-state index is 14.0. The number of alkyl carbamates (subject to hydrolysis) is 1. The van der Waals surface area contributed by atoms with Crippen molar-refractivity contribution < 1.29 is 48.3 Å². The summed E-state index contributed by atoms with van der Waals surface area (Å²) in [5.41, 5.74) is -2.68. The molecule has 0 saturated carbocycles. The van der Waals surface area contributed by atoms with E-state index < -0.39 is 65.2 Å². The molecule has 264 valence electrons. The number of aliphatic hydroxyl groups is 2. The standard InChI is InChI=1S/C34H46ClN3O10/c1-18-11-10-12-25(40)34(44)17-32(5,48-31(43)36-34)19(2)29-33(6,47-29)26(46-30(42)20(3)37(7)21(4)39)16-27(41)38(8)23-14-22(13-18)15-24(45-9)28(23)35/h10-12,14-15,19-20,25-26,29,40,44H,13,16-17H2,1-9H3,(H,36,43)/b12-10+,18-11+/t19-,20-,25+,26-,29-,32?,33-,34-/m0/s1. The molecule has 3 aliphatic heterocycles. The molecule has 1 aromatic carbocycles. The lowest BCUT2D eigenvalue weighted by Crippen LogP contribution is -2.66. The molecule has 14 heteroatoms. The van der Waals surface area contributed by atoms with Gasteiger partial charge in [-0.2, -0.15) is 0 Å². The molecule has 8 atom stereocenters. The normalized spacial score (nSPS) is 34.8. The zero-order valence-electron chi connectivity index (χ0n) is 28.8. The molecule has 3 heterocycles. The van der Waals surface area contributed by atoms with Gasteiger partial charge in [0.1, 0.15) is 40.2 Å². The second-order valence-electron chi connectivity index (χ2n) is 13.5. The predicted molar refractivity (Wildman–Crippen MR) is 176 cm³/mol. The average molecular weight is 692 g/mol. The fraction of sp³-hybridized carbons (Fsp3) is 0.588. The molecule has 3 N–H and O–H groups in total. The van der Waals surface area contributed by atoms with E-state index in [0.29, 0.717) is 17.9 Å². The third-order valence-corrected chi connectivity index (χ3v) is 10.3. The highest BCUT2D eigenvalue weighted by Crippen LogP contribution is 2.52. The molecule has 3 aliphatic rings. The number of epoxide rings is 1. The van der Waals surface area contributed by atoms with Gasteiger partial charge in [0.25, 0.3) is 0 Å². The minimum atomic E-state index is -2.08. The van der Waals surface area contributed by atoms with Crippen molar-refractivity contribution in [2.45, 2.75) is 102 Å². The van der Waals surface area contributed by atoms with Crippen LogP contribution >= 0.6 is 11.6 Å². The first-order chi connectivity index (χ1) is 22.3. The number of amides is 3. The predicted octanol–water partition coefficient (Wildman–Crippen LogP) is 3.27. The van der Waals surface area contributed by atoms with Gasteiger partial charge in [0.2, 0.25) is 11.8 Å². The van der Waals surface area contributed by atoms with Crippen LogP contribution in [0.5, 0.6) is 5.75 Å². The number of likely N-dealkylation sites (N-methyl/N-ethyl adjacent to an activating group) is 1. The monoisotopic (exact) mass is 691 g/mol. The van der Waals surface area contributed by atoms with Gasteiger partial charge in [-0.25, -0.2) is 9.59 Å². The summed E-state index contributed by atoms with van der Waals surface area (Å²) in [6, 6.07) is 2.55. The fourth-order valence-corrected chi connectivity index (χ4v) is 6.65. The van der Waals surface area contributed by atoms with Crippen LogP contribution in [0.3, 0.4) is 0 Å². The number of carbonyl (C=O) groups excluding carboxylic acids is 4. The van der Waals surface area contributed by atoms with Gasteiger partial charge < -0.3 is 39.0 Å². The first-order valence-electron chi connectivity index (χ1n) is 15.8. The number of carbonyl (C=O) groups is 4. The quantitative estimate of drug-likeness (QED) is 0.315. The first-order valence-corrected chi connectivity index (χ1v) is 16.1. The Labute approximate surface area is 285 Å².